The van der Waals surface area contributed by atoms with Crippen LogP contribution in [0.15, 0.2) is 12.1 Å². The predicted octanol–water partition coefficient (Wildman–Crippen LogP) is 1.24. The lowest BCUT2D eigenvalue weighted by Crippen LogP contribution is -2.39. The van der Waals surface area contributed by atoms with E-state index in [1.165, 1.54) is 0 Å². The topological polar surface area (TPSA) is 50.8 Å². The van der Waals surface area contributed by atoms with E-state index < -0.39 is 0 Å². The van der Waals surface area contributed by atoms with E-state index in [1.807, 2.05) is 19.1 Å². The number of anilines is 2. The lowest BCUT2D eigenvalue weighted by molar-refractivity contribution is -0.117. The first-order chi connectivity index (χ1) is 8.29. The first kappa shape index (κ1) is 10.3. The van der Waals surface area contributed by atoms with E-state index in [4.69, 9.17) is 9.47 Å². The monoisotopic (exact) mass is 234 g/mol. The minimum Gasteiger partial charge on any atom is -0.486 e. The third-order valence-electron chi connectivity index (χ3n) is 3.00. The molecule has 2 heterocycles. The molecule has 2 aliphatic heterocycles. The Labute approximate surface area is 99.3 Å². The van der Waals surface area contributed by atoms with Gasteiger partial charge in [0, 0.05) is 18.7 Å². The van der Waals surface area contributed by atoms with E-state index in [2.05, 4.69) is 5.32 Å². The lowest BCUT2D eigenvalue weighted by Gasteiger charge is -2.31. The maximum Gasteiger partial charge on any atom is 0.246 e. The fraction of sp³-hybridized carbons (Fsp3) is 0.417. The summed E-state index contributed by atoms with van der Waals surface area (Å²) in [5.74, 6) is 1.54. The highest BCUT2D eigenvalue weighted by molar-refractivity contribution is 6.03. The molecule has 1 aromatic rings. The van der Waals surface area contributed by atoms with Gasteiger partial charge in [0.15, 0.2) is 11.5 Å². The van der Waals surface area contributed by atoms with Crippen molar-refractivity contribution in [1.29, 1.82) is 0 Å². The zero-order valence-electron chi connectivity index (χ0n) is 9.66. The second kappa shape index (κ2) is 3.84. The van der Waals surface area contributed by atoms with Gasteiger partial charge in [0.25, 0.3) is 0 Å². The number of amides is 1. The Kier molecular flexibility index (Phi) is 2.31. The highest BCUT2D eigenvalue weighted by Crippen LogP contribution is 2.41. The van der Waals surface area contributed by atoms with Crippen LogP contribution in [-0.4, -0.2) is 32.2 Å². The van der Waals surface area contributed by atoms with Crippen LogP contribution in [0.25, 0.3) is 0 Å². The van der Waals surface area contributed by atoms with Crippen molar-refractivity contribution in [3.05, 3.63) is 12.1 Å². The normalized spacial score (nSPS) is 17.5. The number of hydrogen-bond donors (Lipinski definition) is 1. The maximum absolute atomic E-state index is 11.7. The molecule has 5 nitrogen and oxygen atoms in total. The molecule has 0 fully saturated rings. The molecular weight excluding hydrogens is 220 g/mol. The lowest BCUT2D eigenvalue weighted by atomic mass is 10.1. The van der Waals surface area contributed by atoms with Gasteiger partial charge in [-0.1, -0.05) is 0 Å². The zero-order valence-corrected chi connectivity index (χ0v) is 9.66. The zero-order chi connectivity index (χ0) is 11.8. The number of benzene rings is 1. The molecule has 0 aliphatic carbocycles. The van der Waals surface area contributed by atoms with Gasteiger partial charge < -0.3 is 19.7 Å². The van der Waals surface area contributed by atoms with Crippen molar-refractivity contribution in [2.75, 3.05) is 36.5 Å². The Bertz CT molecular complexity index is 473. The Morgan fingerprint density at radius 2 is 2.00 bits per heavy atom. The van der Waals surface area contributed by atoms with Gasteiger partial charge in [0.05, 0.1) is 17.9 Å². The van der Waals surface area contributed by atoms with Gasteiger partial charge in [0.2, 0.25) is 5.91 Å². The molecule has 2 aliphatic rings. The summed E-state index contributed by atoms with van der Waals surface area (Å²) in [5.41, 5.74) is 1.80. The minimum atomic E-state index is 0.0803. The fourth-order valence-electron chi connectivity index (χ4n) is 2.19. The predicted molar refractivity (Wildman–Crippen MR) is 63.9 cm³/mol. The summed E-state index contributed by atoms with van der Waals surface area (Å²) in [5, 5.41) is 3.10. The van der Waals surface area contributed by atoms with Gasteiger partial charge in [0.1, 0.15) is 13.2 Å². The average Bonchev–Trinajstić information content (AvgIpc) is 2.36. The molecule has 0 atom stereocenters. The number of nitrogens with zero attached hydrogens (tertiary/aromatic N) is 1. The number of hydrogen-bond acceptors (Lipinski definition) is 4. The smallest absolute Gasteiger partial charge is 0.246 e. The largest absolute Gasteiger partial charge is 0.486 e. The van der Waals surface area contributed by atoms with Gasteiger partial charge in [-0.25, -0.2) is 0 Å². The van der Waals surface area contributed by atoms with E-state index in [9.17, 15) is 4.79 Å². The molecule has 1 aromatic carbocycles. The highest BCUT2D eigenvalue weighted by atomic mass is 16.6. The summed E-state index contributed by atoms with van der Waals surface area (Å²) >= 11 is 0. The second-order valence-corrected chi connectivity index (χ2v) is 4.00. The first-order valence-corrected chi connectivity index (χ1v) is 5.77. The van der Waals surface area contributed by atoms with E-state index >= 15 is 0 Å². The van der Waals surface area contributed by atoms with Crippen molar-refractivity contribution in [1.82, 2.24) is 0 Å². The Morgan fingerprint density at radius 1 is 1.29 bits per heavy atom. The van der Waals surface area contributed by atoms with E-state index in [1.54, 1.807) is 4.90 Å². The number of nitrogens with one attached hydrogen (secondary N) is 1. The molecule has 90 valence electrons. The molecule has 5 heteroatoms. The van der Waals surface area contributed by atoms with Crippen LogP contribution in [0.4, 0.5) is 11.4 Å². The van der Waals surface area contributed by atoms with Gasteiger partial charge in [-0.2, -0.15) is 0 Å². The molecule has 0 unspecified atom stereocenters. The summed E-state index contributed by atoms with van der Waals surface area (Å²) in [4.78, 5) is 13.5. The average molecular weight is 234 g/mol. The Hall–Kier alpha value is -1.91. The van der Waals surface area contributed by atoms with Crippen LogP contribution in [0.3, 0.4) is 0 Å². The molecule has 0 saturated heterocycles. The fourth-order valence-corrected chi connectivity index (χ4v) is 2.19. The molecule has 0 bridgehead atoms. The molecule has 0 spiro atoms. The van der Waals surface area contributed by atoms with Crippen molar-refractivity contribution >= 4 is 17.3 Å². The molecular formula is C12H14N2O3. The summed E-state index contributed by atoms with van der Waals surface area (Å²) < 4.78 is 11.0. The van der Waals surface area contributed by atoms with Gasteiger partial charge in [-0.15, -0.1) is 0 Å². The van der Waals surface area contributed by atoms with Gasteiger partial charge in [-0.3, -0.25) is 4.79 Å². The quantitative estimate of drug-likeness (QED) is 0.794. The van der Waals surface area contributed by atoms with Crippen LogP contribution in [-0.2, 0) is 4.79 Å². The molecule has 3 rings (SSSR count). The summed E-state index contributed by atoms with van der Waals surface area (Å²) in [6.07, 6.45) is 0. The standard InChI is InChI=1S/C12H14N2O3/c1-2-14-9-6-11-10(16-3-4-17-11)5-8(9)13-7-12(14)15/h5-6,13H,2-4,7H2,1H3. The van der Waals surface area contributed by atoms with Crippen molar-refractivity contribution in [2.24, 2.45) is 0 Å². The second-order valence-electron chi connectivity index (χ2n) is 4.00. The number of fused-ring (bicyclic) bond motifs is 2. The van der Waals surface area contributed by atoms with Crippen molar-refractivity contribution in [2.45, 2.75) is 6.92 Å². The number of carbonyl (C=O) groups is 1. The van der Waals surface area contributed by atoms with E-state index in [-0.39, 0.29) is 5.91 Å². The number of carbonyl (C=O) groups excluding carboxylic acids is 1. The Morgan fingerprint density at radius 3 is 2.71 bits per heavy atom. The van der Waals surface area contributed by atoms with Gasteiger partial charge in [-0.05, 0) is 6.92 Å². The van der Waals surface area contributed by atoms with Crippen molar-refractivity contribution < 1.29 is 14.3 Å². The molecule has 1 amide bonds. The van der Waals surface area contributed by atoms with E-state index in [0.717, 1.165) is 17.1 Å². The van der Waals surface area contributed by atoms with Crippen LogP contribution in [0.5, 0.6) is 11.5 Å². The summed E-state index contributed by atoms with van der Waals surface area (Å²) in [6.45, 7) is 4.08. The molecule has 0 saturated carbocycles. The molecule has 0 radical (unpaired) electrons. The Balaban J connectivity index is 2.08. The van der Waals surface area contributed by atoms with Crippen molar-refractivity contribution in [3.63, 3.8) is 0 Å². The molecule has 17 heavy (non-hydrogen) atoms. The minimum absolute atomic E-state index is 0.0803. The van der Waals surface area contributed by atoms with Crippen LogP contribution in [0.1, 0.15) is 6.92 Å². The van der Waals surface area contributed by atoms with E-state index in [0.29, 0.717) is 32.1 Å². The number of rotatable bonds is 1. The first-order valence-electron chi connectivity index (χ1n) is 5.77. The van der Waals surface area contributed by atoms with Crippen LogP contribution < -0.4 is 19.7 Å². The maximum atomic E-state index is 11.7. The highest BCUT2D eigenvalue weighted by Gasteiger charge is 2.25. The van der Waals surface area contributed by atoms with Crippen molar-refractivity contribution in [3.8, 4) is 11.5 Å². The summed E-state index contributed by atoms with van der Waals surface area (Å²) in [7, 11) is 0. The SMILES string of the molecule is CCN1C(=O)CNc2cc3c(cc21)OCCO3. The van der Waals surface area contributed by atoms with Gasteiger partial charge >= 0.3 is 0 Å². The molecule has 0 aromatic heterocycles. The van der Waals surface area contributed by atoms with Crippen LogP contribution in [0, 0.1) is 0 Å². The third kappa shape index (κ3) is 1.58. The van der Waals surface area contributed by atoms with Crippen LogP contribution >= 0.6 is 0 Å². The third-order valence-corrected chi connectivity index (χ3v) is 3.00. The van der Waals surface area contributed by atoms with Crippen LogP contribution in [0.2, 0.25) is 0 Å². The summed E-state index contributed by atoms with van der Waals surface area (Å²) in [6, 6.07) is 3.77. The number of ether oxygens (including phenoxy) is 2. The number of likely N-dealkylation sites (N-methyl/N-ethyl adjacent to an activating group) is 1. The molecule has 1 N–H and O–H groups in total.